The Balaban J connectivity index is 1.69. The minimum atomic E-state index is -0.852. The van der Waals surface area contributed by atoms with E-state index >= 15 is 0 Å². The Labute approximate surface area is 136 Å². The zero-order chi connectivity index (χ0) is 16.7. The number of anilines is 1. The highest BCUT2D eigenvalue weighted by Gasteiger charge is 2.34. The van der Waals surface area contributed by atoms with Crippen molar-refractivity contribution in [3.63, 3.8) is 0 Å². The number of fused-ring (bicyclic) bond motifs is 1. The molecule has 4 rings (SSSR count). The monoisotopic (exact) mass is 324 g/mol. The number of nitrogens with zero attached hydrogens (tertiary/aromatic N) is 1. The maximum atomic E-state index is 13.3. The summed E-state index contributed by atoms with van der Waals surface area (Å²) in [6.45, 7) is 0. The summed E-state index contributed by atoms with van der Waals surface area (Å²) in [5.74, 6) is -0.0854. The molecule has 0 fully saturated rings. The Morgan fingerprint density at radius 2 is 1.92 bits per heavy atom. The van der Waals surface area contributed by atoms with Gasteiger partial charge in [0.2, 0.25) is 0 Å². The number of hydroxylamine groups is 2. The predicted molar refractivity (Wildman–Crippen MR) is 84.9 cm³/mol. The molecule has 2 N–H and O–H groups in total. The lowest BCUT2D eigenvalue weighted by atomic mass is 10.1. The van der Waals surface area contributed by atoms with Gasteiger partial charge in [0, 0.05) is 11.3 Å². The number of carbonyl (C=O) groups is 1. The van der Waals surface area contributed by atoms with Gasteiger partial charge < -0.3 is 9.73 Å². The Kier molecular flexibility index (Phi) is 3.32. The second-order valence-corrected chi connectivity index (χ2v) is 5.45. The Hall–Kier alpha value is -3.12. The van der Waals surface area contributed by atoms with Crippen LogP contribution in [0.15, 0.2) is 65.1 Å². The van der Waals surface area contributed by atoms with Gasteiger partial charge in [0.1, 0.15) is 17.3 Å². The largest absolute Gasteiger partial charge is 0.457 e. The minimum absolute atomic E-state index is 0.347. The number of para-hydroxylation sites is 1. The topological polar surface area (TPSA) is 65.7 Å². The third kappa shape index (κ3) is 2.33. The van der Waals surface area contributed by atoms with E-state index in [4.69, 9.17) is 4.42 Å². The van der Waals surface area contributed by atoms with E-state index in [1.165, 1.54) is 12.1 Å². The van der Waals surface area contributed by atoms with Gasteiger partial charge in [-0.25, -0.2) is 4.39 Å². The standard InChI is InChI=1S/C18H13FN2O3/c19-12-5-3-4-11(10-12)15-8-9-16(24-15)17-20-14-7-2-1-6-13(14)18(22)21(17)23/h1-10,17,20,23H. The molecule has 0 saturated heterocycles. The quantitative estimate of drug-likeness (QED) is 0.698. The summed E-state index contributed by atoms with van der Waals surface area (Å²) in [6.07, 6.45) is -0.852. The van der Waals surface area contributed by atoms with Gasteiger partial charge >= 0.3 is 0 Å². The number of furan rings is 1. The van der Waals surface area contributed by atoms with Crippen molar-refractivity contribution in [2.75, 3.05) is 5.32 Å². The fraction of sp³-hybridized carbons (Fsp3) is 0.0556. The molecule has 0 radical (unpaired) electrons. The van der Waals surface area contributed by atoms with E-state index in [0.29, 0.717) is 33.4 Å². The van der Waals surface area contributed by atoms with Crippen LogP contribution in [-0.4, -0.2) is 16.2 Å². The van der Waals surface area contributed by atoms with Crippen molar-refractivity contribution >= 4 is 11.6 Å². The summed E-state index contributed by atoms with van der Waals surface area (Å²) in [5.41, 5.74) is 1.57. The average Bonchev–Trinajstić information content (AvgIpc) is 3.08. The molecule has 1 aliphatic rings. The van der Waals surface area contributed by atoms with E-state index in [1.807, 2.05) is 0 Å². The van der Waals surface area contributed by atoms with Crippen molar-refractivity contribution in [3.8, 4) is 11.3 Å². The third-order valence-electron chi connectivity index (χ3n) is 3.91. The fourth-order valence-corrected chi connectivity index (χ4v) is 2.73. The first-order valence-corrected chi connectivity index (χ1v) is 7.37. The van der Waals surface area contributed by atoms with Crippen molar-refractivity contribution < 1.29 is 18.8 Å². The molecule has 24 heavy (non-hydrogen) atoms. The molecule has 0 bridgehead atoms. The van der Waals surface area contributed by atoms with Gasteiger partial charge in [0.05, 0.1) is 5.56 Å². The minimum Gasteiger partial charge on any atom is -0.457 e. The van der Waals surface area contributed by atoms with E-state index in [9.17, 15) is 14.4 Å². The Bertz CT molecular complexity index is 922. The summed E-state index contributed by atoms with van der Waals surface area (Å²) < 4.78 is 19.1. The lowest BCUT2D eigenvalue weighted by molar-refractivity contribution is -0.0893. The first-order chi connectivity index (χ1) is 11.6. The summed E-state index contributed by atoms with van der Waals surface area (Å²) >= 11 is 0. The van der Waals surface area contributed by atoms with E-state index in [0.717, 1.165) is 0 Å². The molecule has 6 heteroatoms. The molecule has 0 spiro atoms. The van der Waals surface area contributed by atoms with Crippen LogP contribution >= 0.6 is 0 Å². The number of halogens is 1. The molecule has 2 heterocycles. The van der Waals surface area contributed by atoms with Gasteiger partial charge in [-0.15, -0.1) is 0 Å². The highest BCUT2D eigenvalue weighted by Crippen LogP contribution is 2.34. The van der Waals surface area contributed by atoms with Crippen LogP contribution in [0.5, 0.6) is 0 Å². The van der Waals surface area contributed by atoms with Crippen LogP contribution < -0.4 is 5.32 Å². The highest BCUT2D eigenvalue weighted by atomic mass is 19.1. The third-order valence-corrected chi connectivity index (χ3v) is 3.91. The SMILES string of the molecule is O=C1c2ccccc2NC(c2ccc(-c3cccc(F)c3)o2)N1O. The van der Waals surface area contributed by atoms with Gasteiger partial charge in [-0.05, 0) is 36.4 Å². The Morgan fingerprint density at radius 1 is 1.08 bits per heavy atom. The van der Waals surface area contributed by atoms with Gasteiger partial charge in [-0.1, -0.05) is 24.3 Å². The molecule has 120 valence electrons. The van der Waals surface area contributed by atoms with Crippen LogP contribution in [0.1, 0.15) is 22.3 Å². The number of nitrogens with one attached hydrogen (secondary N) is 1. The summed E-state index contributed by atoms with van der Waals surface area (Å²) in [6, 6.07) is 16.2. The normalized spacial score (nSPS) is 16.7. The zero-order valence-electron chi connectivity index (χ0n) is 12.4. The van der Waals surface area contributed by atoms with E-state index in [2.05, 4.69) is 5.32 Å². The molecule has 1 aliphatic heterocycles. The van der Waals surface area contributed by atoms with Gasteiger partial charge in [0.25, 0.3) is 5.91 Å². The molecule has 1 amide bonds. The van der Waals surface area contributed by atoms with E-state index in [-0.39, 0.29) is 5.82 Å². The smallest absolute Gasteiger partial charge is 0.281 e. The summed E-state index contributed by atoms with van der Waals surface area (Å²) in [4.78, 5) is 12.3. The first-order valence-electron chi connectivity index (χ1n) is 7.37. The molecule has 3 aromatic rings. The lowest BCUT2D eigenvalue weighted by Crippen LogP contribution is -2.40. The van der Waals surface area contributed by atoms with Gasteiger partial charge in [-0.2, -0.15) is 5.06 Å². The van der Waals surface area contributed by atoms with Crippen LogP contribution in [0, 0.1) is 5.82 Å². The zero-order valence-corrected chi connectivity index (χ0v) is 12.4. The number of hydrogen-bond donors (Lipinski definition) is 2. The molecule has 2 aromatic carbocycles. The number of amides is 1. The molecule has 0 aliphatic carbocycles. The maximum absolute atomic E-state index is 13.3. The van der Waals surface area contributed by atoms with Crippen molar-refractivity contribution in [2.24, 2.45) is 0 Å². The Morgan fingerprint density at radius 3 is 2.75 bits per heavy atom. The highest BCUT2D eigenvalue weighted by molar-refractivity contribution is 6.00. The van der Waals surface area contributed by atoms with Crippen molar-refractivity contribution in [3.05, 3.63) is 77.8 Å². The van der Waals surface area contributed by atoms with Crippen LogP contribution in [0.2, 0.25) is 0 Å². The van der Waals surface area contributed by atoms with E-state index in [1.54, 1.807) is 48.5 Å². The molecule has 5 nitrogen and oxygen atoms in total. The molecular formula is C18H13FN2O3. The van der Waals surface area contributed by atoms with Crippen molar-refractivity contribution in [2.45, 2.75) is 6.17 Å². The number of hydrogen-bond acceptors (Lipinski definition) is 4. The number of rotatable bonds is 2. The fourth-order valence-electron chi connectivity index (χ4n) is 2.73. The lowest BCUT2D eigenvalue weighted by Gasteiger charge is -2.31. The van der Waals surface area contributed by atoms with Crippen molar-refractivity contribution in [1.29, 1.82) is 0 Å². The molecule has 1 unspecified atom stereocenters. The number of benzene rings is 2. The first kappa shape index (κ1) is 14.5. The number of carbonyl (C=O) groups excluding carboxylic acids is 1. The summed E-state index contributed by atoms with van der Waals surface area (Å²) in [5, 5.41) is 13.8. The van der Waals surface area contributed by atoms with Crippen LogP contribution in [0.4, 0.5) is 10.1 Å². The van der Waals surface area contributed by atoms with Crippen LogP contribution in [0.3, 0.4) is 0 Å². The van der Waals surface area contributed by atoms with Gasteiger partial charge in [-0.3, -0.25) is 10.0 Å². The second-order valence-electron chi connectivity index (χ2n) is 5.45. The predicted octanol–water partition coefficient (Wildman–Crippen LogP) is 4.04. The van der Waals surface area contributed by atoms with Crippen LogP contribution in [0.25, 0.3) is 11.3 Å². The average molecular weight is 324 g/mol. The van der Waals surface area contributed by atoms with Crippen molar-refractivity contribution in [1.82, 2.24) is 5.06 Å². The molecular weight excluding hydrogens is 311 g/mol. The van der Waals surface area contributed by atoms with Gasteiger partial charge in [0.15, 0.2) is 6.17 Å². The maximum Gasteiger partial charge on any atom is 0.281 e. The van der Waals surface area contributed by atoms with Crippen LogP contribution in [-0.2, 0) is 0 Å². The van der Waals surface area contributed by atoms with E-state index < -0.39 is 12.1 Å². The molecule has 1 aromatic heterocycles. The second kappa shape index (κ2) is 5.50. The summed E-state index contributed by atoms with van der Waals surface area (Å²) in [7, 11) is 0. The molecule has 0 saturated carbocycles. The molecule has 1 atom stereocenters.